The minimum absolute atomic E-state index is 0.660. The third kappa shape index (κ3) is 2.06. The Kier molecular flexibility index (Phi) is 3.20. The fourth-order valence-electron chi connectivity index (χ4n) is 1.75. The Hall–Kier alpha value is -1.83. The molecule has 0 aliphatic heterocycles. The van der Waals surface area contributed by atoms with Crippen LogP contribution in [0, 0.1) is 6.92 Å². The van der Waals surface area contributed by atoms with Gasteiger partial charge in [-0.3, -0.25) is 4.84 Å². The summed E-state index contributed by atoms with van der Waals surface area (Å²) in [5.74, 6) is 0. The second-order valence-corrected chi connectivity index (χ2v) is 3.64. The molecule has 0 saturated heterocycles. The standard InChI is InChI=1S/C14H16NO/c1-3-16-15-11-7-6-10-14(15)13-9-5-4-8-12(13)2/h4-11H,3H2,1-2H3/q+1. The molecule has 1 aromatic carbocycles. The molecule has 0 radical (unpaired) electrons. The van der Waals surface area contributed by atoms with E-state index in [1.807, 2.05) is 42.1 Å². The first-order valence-corrected chi connectivity index (χ1v) is 5.53. The van der Waals surface area contributed by atoms with Crippen LogP contribution in [0.4, 0.5) is 0 Å². The van der Waals surface area contributed by atoms with Crippen molar-refractivity contribution >= 4 is 0 Å². The Bertz CT molecular complexity index is 480. The molecule has 0 spiro atoms. The molecule has 82 valence electrons. The molecule has 1 heterocycles. The van der Waals surface area contributed by atoms with Crippen molar-refractivity contribution in [2.45, 2.75) is 13.8 Å². The molecule has 0 bridgehead atoms. The second kappa shape index (κ2) is 4.79. The molecule has 2 rings (SSSR count). The fraction of sp³-hybridized carbons (Fsp3) is 0.214. The molecular formula is C14H16NO+. The highest BCUT2D eigenvalue weighted by atomic mass is 16.7. The first-order valence-electron chi connectivity index (χ1n) is 5.53. The molecular weight excluding hydrogens is 198 g/mol. The monoisotopic (exact) mass is 214 g/mol. The quantitative estimate of drug-likeness (QED) is 0.715. The maximum absolute atomic E-state index is 5.56. The summed E-state index contributed by atoms with van der Waals surface area (Å²) in [7, 11) is 0. The molecule has 2 aromatic rings. The average Bonchev–Trinajstić information content (AvgIpc) is 2.31. The van der Waals surface area contributed by atoms with E-state index < -0.39 is 0 Å². The number of benzene rings is 1. The van der Waals surface area contributed by atoms with Crippen molar-refractivity contribution in [1.82, 2.24) is 0 Å². The van der Waals surface area contributed by atoms with E-state index in [9.17, 15) is 0 Å². The predicted octanol–water partition coefficient (Wildman–Crippen LogP) is 2.40. The van der Waals surface area contributed by atoms with Crippen LogP contribution in [0.15, 0.2) is 48.7 Å². The van der Waals surface area contributed by atoms with E-state index in [4.69, 9.17) is 4.84 Å². The lowest BCUT2D eigenvalue weighted by Crippen LogP contribution is -2.44. The zero-order valence-electron chi connectivity index (χ0n) is 9.68. The number of hydrogen-bond donors (Lipinski definition) is 0. The third-order valence-electron chi connectivity index (χ3n) is 2.51. The summed E-state index contributed by atoms with van der Waals surface area (Å²) >= 11 is 0. The van der Waals surface area contributed by atoms with Gasteiger partial charge in [0.25, 0.3) is 5.69 Å². The summed E-state index contributed by atoms with van der Waals surface area (Å²) in [5, 5.41) is 0. The summed E-state index contributed by atoms with van der Waals surface area (Å²) in [6.45, 7) is 4.76. The smallest absolute Gasteiger partial charge is 0.264 e. The Morgan fingerprint density at radius 3 is 2.56 bits per heavy atom. The van der Waals surface area contributed by atoms with Crippen molar-refractivity contribution in [3.05, 3.63) is 54.2 Å². The van der Waals surface area contributed by atoms with Gasteiger partial charge >= 0.3 is 0 Å². The van der Waals surface area contributed by atoms with Crippen LogP contribution in [0.3, 0.4) is 0 Å². The van der Waals surface area contributed by atoms with E-state index in [0.717, 1.165) is 5.69 Å². The van der Waals surface area contributed by atoms with Crippen LogP contribution in [0.1, 0.15) is 12.5 Å². The van der Waals surface area contributed by atoms with Gasteiger partial charge in [-0.15, -0.1) is 0 Å². The minimum atomic E-state index is 0.660. The number of hydrogen-bond acceptors (Lipinski definition) is 1. The molecule has 0 fully saturated rings. The van der Waals surface area contributed by atoms with Crippen molar-refractivity contribution in [3.8, 4) is 11.3 Å². The lowest BCUT2D eigenvalue weighted by Gasteiger charge is -2.04. The van der Waals surface area contributed by atoms with Gasteiger partial charge in [0.15, 0.2) is 6.61 Å². The normalized spacial score (nSPS) is 10.1. The summed E-state index contributed by atoms with van der Waals surface area (Å²) in [6.07, 6.45) is 1.94. The highest BCUT2D eigenvalue weighted by Crippen LogP contribution is 2.18. The maximum Gasteiger partial charge on any atom is 0.264 e. The van der Waals surface area contributed by atoms with Gasteiger partial charge < -0.3 is 0 Å². The van der Waals surface area contributed by atoms with Crippen molar-refractivity contribution in [3.63, 3.8) is 0 Å². The Balaban J connectivity index is 2.51. The van der Waals surface area contributed by atoms with Crippen molar-refractivity contribution in [2.75, 3.05) is 6.61 Å². The first kappa shape index (κ1) is 10.7. The number of nitrogens with zero attached hydrogens (tertiary/aromatic N) is 1. The van der Waals surface area contributed by atoms with Gasteiger partial charge in [-0.05, 0) is 31.5 Å². The lowest BCUT2D eigenvalue weighted by molar-refractivity contribution is -0.882. The number of aryl methyl sites for hydroxylation is 1. The molecule has 0 atom stereocenters. The largest absolute Gasteiger partial charge is 0.271 e. The van der Waals surface area contributed by atoms with Crippen LogP contribution in [0.5, 0.6) is 0 Å². The zero-order chi connectivity index (χ0) is 11.4. The zero-order valence-corrected chi connectivity index (χ0v) is 9.68. The van der Waals surface area contributed by atoms with Gasteiger partial charge in [-0.25, -0.2) is 0 Å². The highest BCUT2D eigenvalue weighted by Gasteiger charge is 2.14. The molecule has 0 saturated carbocycles. The summed E-state index contributed by atoms with van der Waals surface area (Å²) in [5.41, 5.74) is 3.54. The second-order valence-electron chi connectivity index (χ2n) is 3.64. The van der Waals surface area contributed by atoms with E-state index in [2.05, 4.69) is 25.1 Å². The Labute approximate surface area is 96.1 Å². The molecule has 2 heteroatoms. The van der Waals surface area contributed by atoms with Crippen LogP contribution >= 0.6 is 0 Å². The van der Waals surface area contributed by atoms with E-state index in [1.165, 1.54) is 11.1 Å². The molecule has 16 heavy (non-hydrogen) atoms. The van der Waals surface area contributed by atoms with Gasteiger partial charge in [0.2, 0.25) is 6.20 Å². The van der Waals surface area contributed by atoms with Crippen molar-refractivity contribution in [2.24, 2.45) is 0 Å². The van der Waals surface area contributed by atoms with Gasteiger partial charge in [0, 0.05) is 16.9 Å². The molecule has 1 aromatic heterocycles. The Morgan fingerprint density at radius 2 is 1.81 bits per heavy atom. The van der Waals surface area contributed by atoms with Crippen LogP contribution in [0.2, 0.25) is 0 Å². The maximum atomic E-state index is 5.56. The van der Waals surface area contributed by atoms with Gasteiger partial charge in [-0.2, -0.15) is 0 Å². The van der Waals surface area contributed by atoms with E-state index in [0.29, 0.717) is 6.61 Å². The van der Waals surface area contributed by atoms with Gasteiger partial charge in [0.1, 0.15) is 0 Å². The van der Waals surface area contributed by atoms with Crippen LogP contribution in [-0.2, 0) is 0 Å². The lowest BCUT2D eigenvalue weighted by atomic mass is 10.1. The van der Waals surface area contributed by atoms with E-state index in [-0.39, 0.29) is 0 Å². The average molecular weight is 214 g/mol. The number of aromatic nitrogens is 1. The van der Waals surface area contributed by atoms with Crippen LogP contribution < -0.4 is 9.57 Å². The topological polar surface area (TPSA) is 13.1 Å². The summed E-state index contributed by atoms with van der Waals surface area (Å²) in [4.78, 5) is 5.56. The SMILES string of the molecule is CCO[n+]1ccccc1-c1ccccc1C. The molecule has 0 aliphatic carbocycles. The molecule has 0 N–H and O–H groups in total. The number of pyridine rings is 1. The number of rotatable bonds is 3. The van der Waals surface area contributed by atoms with Crippen molar-refractivity contribution < 1.29 is 9.57 Å². The fourth-order valence-corrected chi connectivity index (χ4v) is 1.75. The molecule has 0 amide bonds. The minimum Gasteiger partial charge on any atom is -0.271 e. The molecule has 0 unspecified atom stereocenters. The molecule has 0 aliphatic rings. The first-order chi connectivity index (χ1) is 7.83. The van der Waals surface area contributed by atoms with E-state index in [1.54, 1.807) is 0 Å². The summed E-state index contributed by atoms with van der Waals surface area (Å²) < 4.78 is 1.82. The molecule has 2 nitrogen and oxygen atoms in total. The third-order valence-corrected chi connectivity index (χ3v) is 2.51. The van der Waals surface area contributed by atoms with Gasteiger partial charge in [0.05, 0.1) is 5.56 Å². The van der Waals surface area contributed by atoms with Crippen molar-refractivity contribution in [1.29, 1.82) is 0 Å². The van der Waals surface area contributed by atoms with E-state index >= 15 is 0 Å². The van der Waals surface area contributed by atoms with Crippen LogP contribution in [-0.4, -0.2) is 6.61 Å². The van der Waals surface area contributed by atoms with Gasteiger partial charge in [-0.1, -0.05) is 18.2 Å². The highest BCUT2D eigenvalue weighted by molar-refractivity contribution is 5.60. The van der Waals surface area contributed by atoms with Crippen LogP contribution in [0.25, 0.3) is 11.3 Å². The summed E-state index contributed by atoms with van der Waals surface area (Å²) in [6, 6.07) is 14.4. The Morgan fingerprint density at radius 1 is 1.06 bits per heavy atom. The predicted molar refractivity (Wildman–Crippen MR) is 63.9 cm³/mol.